The first-order valence-electron chi connectivity index (χ1n) is 8.52. The van der Waals surface area contributed by atoms with Gasteiger partial charge in [-0.3, -0.25) is 0 Å². The minimum atomic E-state index is -1.00. The Hall–Kier alpha value is -1.61. The van der Waals surface area contributed by atoms with Crippen molar-refractivity contribution in [1.29, 1.82) is 0 Å². The quantitative estimate of drug-likeness (QED) is 0.534. The van der Waals surface area contributed by atoms with Crippen LogP contribution in [-0.4, -0.2) is 43.6 Å². The van der Waals surface area contributed by atoms with E-state index < -0.39 is 5.97 Å². The number of halogens is 2. The van der Waals surface area contributed by atoms with Gasteiger partial charge < -0.3 is 24.4 Å². The zero-order valence-electron chi connectivity index (χ0n) is 15.8. The molecule has 0 saturated carbocycles. The number of aliphatic hydroxyl groups excluding tert-OH is 1. The molecule has 1 aliphatic rings. The van der Waals surface area contributed by atoms with Crippen molar-refractivity contribution < 1.29 is 29.2 Å². The second-order valence-electron chi connectivity index (χ2n) is 5.52. The Kier molecular flexibility index (Phi) is 14.4. The first kappa shape index (κ1) is 27.4. The van der Waals surface area contributed by atoms with Crippen LogP contribution in [0.2, 0.25) is 0 Å². The van der Waals surface area contributed by atoms with Crippen molar-refractivity contribution in [2.75, 3.05) is 27.4 Å². The number of methoxy groups -OCH3 is 2. The molecule has 0 amide bonds. The monoisotopic (exact) mass is 534 g/mol. The maximum absolute atomic E-state index is 10.7. The van der Waals surface area contributed by atoms with Crippen molar-refractivity contribution in [2.45, 2.75) is 26.9 Å². The van der Waals surface area contributed by atoms with Gasteiger partial charge in [0.15, 0.2) is 0 Å². The Labute approximate surface area is 189 Å². The molecule has 0 radical (unpaired) electrons. The normalized spacial score (nSPS) is 11.8. The van der Waals surface area contributed by atoms with Crippen molar-refractivity contribution >= 4 is 37.8 Å². The molecule has 8 heteroatoms. The third kappa shape index (κ3) is 9.16. The van der Waals surface area contributed by atoms with E-state index in [4.69, 9.17) is 24.4 Å². The van der Waals surface area contributed by atoms with E-state index in [9.17, 15) is 4.79 Å². The highest BCUT2D eigenvalue weighted by atomic mass is 79.9. The lowest BCUT2D eigenvalue weighted by molar-refractivity contribution is 0.0692. The molecular formula is C21H28Br2O6. The van der Waals surface area contributed by atoms with Crippen LogP contribution in [0.25, 0.3) is 0 Å². The number of aliphatic hydroxyl groups is 1. The number of carboxylic acids is 1. The average Bonchev–Trinajstić information content (AvgIpc) is 3.27. The molecule has 29 heavy (non-hydrogen) atoms. The summed E-state index contributed by atoms with van der Waals surface area (Å²) in [6, 6.07) is 10.5. The van der Waals surface area contributed by atoms with Gasteiger partial charge in [0.2, 0.25) is 0 Å². The van der Waals surface area contributed by atoms with Crippen LogP contribution in [0.5, 0.6) is 11.5 Å². The highest BCUT2D eigenvalue weighted by Gasteiger charge is 2.13. The molecule has 2 N–H and O–H groups in total. The molecule has 1 saturated heterocycles. The molecule has 0 aliphatic carbocycles. The largest absolute Gasteiger partial charge is 0.496 e. The second-order valence-corrected chi connectivity index (χ2v) is 7.23. The zero-order chi connectivity index (χ0) is 20.9. The number of carboxylic acid groups (broad SMARTS) is 1. The number of ether oxygens (including phenoxy) is 3. The molecule has 1 aliphatic heterocycles. The van der Waals surface area contributed by atoms with Crippen LogP contribution < -0.4 is 9.47 Å². The molecule has 2 aromatic rings. The van der Waals surface area contributed by atoms with Crippen LogP contribution in [0.1, 0.15) is 36.2 Å². The van der Waals surface area contributed by atoms with E-state index >= 15 is 0 Å². The topological polar surface area (TPSA) is 85.2 Å². The Bertz CT molecular complexity index is 740. The van der Waals surface area contributed by atoms with E-state index in [1.54, 1.807) is 25.3 Å². The molecule has 0 spiro atoms. The first-order valence-corrected chi connectivity index (χ1v) is 10.1. The Morgan fingerprint density at radius 2 is 1.52 bits per heavy atom. The smallest absolute Gasteiger partial charge is 0.340 e. The van der Waals surface area contributed by atoms with Crippen LogP contribution in [0, 0.1) is 0 Å². The lowest BCUT2D eigenvalue weighted by atomic mass is 10.2. The van der Waals surface area contributed by atoms with Crippen LogP contribution in [-0.2, 0) is 11.3 Å². The molecule has 0 atom stereocenters. The third-order valence-electron chi connectivity index (χ3n) is 3.69. The molecule has 2 aromatic carbocycles. The fraction of sp³-hybridized carbons (Fsp3) is 0.381. The van der Waals surface area contributed by atoms with Crippen LogP contribution in [0.15, 0.2) is 45.3 Å². The Morgan fingerprint density at radius 3 is 1.86 bits per heavy atom. The van der Waals surface area contributed by atoms with Gasteiger partial charge >= 0.3 is 5.97 Å². The van der Waals surface area contributed by atoms with Gasteiger partial charge in [-0.15, -0.1) is 0 Å². The first-order chi connectivity index (χ1) is 13.5. The molecule has 0 unspecified atom stereocenters. The van der Waals surface area contributed by atoms with Gasteiger partial charge in [0, 0.05) is 27.7 Å². The van der Waals surface area contributed by atoms with Crippen molar-refractivity contribution in [1.82, 2.24) is 0 Å². The maximum atomic E-state index is 10.7. The third-order valence-corrected chi connectivity index (χ3v) is 5.09. The maximum Gasteiger partial charge on any atom is 0.340 e. The minimum absolute atomic E-state index is 0. The highest BCUT2D eigenvalue weighted by molar-refractivity contribution is 9.10. The molecular weight excluding hydrogens is 508 g/mol. The van der Waals surface area contributed by atoms with Crippen molar-refractivity contribution in [2.24, 2.45) is 0 Å². The number of carbonyl (C=O) groups is 1. The molecule has 0 aromatic heterocycles. The van der Waals surface area contributed by atoms with Gasteiger partial charge in [0.05, 0.1) is 20.8 Å². The van der Waals surface area contributed by atoms with E-state index in [1.165, 1.54) is 20.0 Å². The summed E-state index contributed by atoms with van der Waals surface area (Å²) in [7, 11) is 3.02. The van der Waals surface area contributed by atoms with E-state index in [0.29, 0.717) is 16.0 Å². The summed E-state index contributed by atoms with van der Waals surface area (Å²) in [6.45, 7) is 1.99. The number of rotatable bonds is 4. The molecule has 1 fully saturated rings. The summed E-state index contributed by atoms with van der Waals surface area (Å²) in [6.07, 6.45) is 2.56. The predicted molar refractivity (Wildman–Crippen MR) is 121 cm³/mol. The van der Waals surface area contributed by atoms with Gasteiger partial charge in [-0.1, -0.05) is 35.5 Å². The summed E-state index contributed by atoms with van der Waals surface area (Å²) in [5.74, 6) is 0.0677. The van der Waals surface area contributed by atoms with Crippen LogP contribution in [0.3, 0.4) is 0 Å². The number of benzene rings is 2. The van der Waals surface area contributed by atoms with E-state index in [1.807, 2.05) is 18.2 Å². The predicted octanol–water partition coefficient (Wildman–Crippen LogP) is 5.54. The van der Waals surface area contributed by atoms with Gasteiger partial charge in [-0.2, -0.15) is 0 Å². The van der Waals surface area contributed by atoms with Gasteiger partial charge in [0.1, 0.15) is 17.1 Å². The fourth-order valence-electron chi connectivity index (χ4n) is 2.28. The Morgan fingerprint density at radius 1 is 1.00 bits per heavy atom. The van der Waals surface area contributed by atoms with Gasteiger partial charge in [0.25, 0.3) is 0 Å². The number of hydrogen-bond acceptors (Lipinski definition) is 5. The highest BCUT2D eigenvalue weighted by Crippen LogP contribution is 2.26. The molecule has 0 bridgehead atoms. The van der Waals surface area contributed by atoms with E-state index in [2.05, 4.69) is 31.9 Å². The minimum Gasteiger partial charge on any atom is -0.496 e. The Balaban J connectivity index is 0.000000427. The molecule has 6 nitrogen and oxygen atoms in total. The molecule has 3 rings (SSSR count). The standard InChI is InChI=1S/C8H7BrO3.C8H9BrO2.C4H8O.CH4/c1-12-6-4-2-3-5(9)7(6)8(10)11;1-11-8-4-2-3-7(9)6(8)5-10;1-2-4-5-3-1;/h2-4H,1H3,(H,10,11);2-4,10H,5H2,1H3;1-4H2;1H4. The van der Waals surface area contributed by atoms with Crippen molar-refractivity contribution in [3.05, 3.63) is 56.5 Å². The van der Waals surface area contributed by atoms with Gasteiger partial charge in [-0.05, 0) is 53.0 Å². The van der Waals surface area contributed by atoms with Crippen LogP contribution in [0.4, 0.5) is 0 Å². The molecule has 162 valence electrons. The van der Waals surface area contributed by atoms with Gasteiger partial charge in [-0.25, -0.2) is 4.79 Å². The SMILES string of the molecule is C.C1CCOC1.COc1cccc(Br)c1C(=O)O.COc1cccc(Br)c1CO. The average molecular weight is 536 g/mol. The van der Waals surface area contributed by atoms with Crippen LogP contribution >= 0.6 is 31.9 Å². The summed E-state index contributed by atoms with van der Waals surface area (Å²) < 4.78 is 16.2. The summed E-state index contributed by atoms with van der Waals surface area (Å²) >= 11 is 6.44. The fourth-order valence-corrected chi connectivity index (χ4v) is 3.27. The lowest BCUT2D eigenvalue weighted by Gasteiger charge is -2.06. The van der Waals surface area contributed by atoms with Crippen molar-refractivity contribution in [3.63, 3.8) is 0 Å². The lowest BCUT2D eigenvalue weighted by Crippen LogP contribution is -2.01. The van der Waals surface area contributed by atoms with E-state index in [-0.39, 0.29) is 19.6 Å². The van der Waals surface area contributed by atoms with E-state index in [0.717, 1.165) is 23.2 Å². The number of aromatic carboxylic acids is 1. The second kappa shape index (κ2) is 15.3. The summed E-state index contributed by atoms with van der Waals surface area (Å²) in [5, 5.41) is 17.7. The molecule has 1 heterocycles. The zero-order valence-corrected chi connectivity index (χ0v) is 19.0. The summed E-state index contributed by atoms with van der Waals surface area (Å²) in [4.78, 5) is 10.7. The van der Waals surface area contributed by atoms with Crippen molar-refractivity contribution in [3.8, 4) is 11.5 Å². The number of hydrogen-bond donors (Lipinski definition) is 2. The summed E-state index contributed by atoms with van der Waals surface area (Å²) in [5.41, 5.74) is 0.940.